The van der Waals surface area contributed by atoms with Gasteiger partial charge in [-0.2, -0.15) is 12.7 Å². The van der Waals surface area contributed by atoms with Crippen LogP contribution in [0.2, 0.25) is 0 Å². The second kappa shape index (κ2) is 11.9. The van der Waals surface area contributed by atoms with E-state index in [1.807, 2.05) is 13.8 Å². The minimum atomic E-state index is -4.02. The first-order valence-corrected chi connectivity index (χ1v) is 12.4. The highest BCUT2D eigenvalue weighted by Gasteiger charge is 2.32. The summed E-state index contributed by atoms with van der Waals surface area (Å²) in [7, 11) is -1.28. The number of nitrogens with zero attached hydrogens (tertiary/aromatic N) is 3. The van der Waals surface area contributed by atoms with Crippen LogP contribution in [0.15, 0.2) is 54.6 Å². The van der Waals surface area contributed by atoms with Gasteiger partial charge in [-0.1, -0.05) is 50.2 Å². The molecule has 0 spiro atoms. The van der Waals surface area contributed by atoms with Gasteiger partial charge in [0.15, 0.2) is 0 Å². The van der Waals surface area contributed by atoms with Crippen molar-refractivity contribution >= 4 is 27.7 Å². The molecule has 10 heteroatoms. The van der Waals surface area contributed by atoms with Gasteiger partial charge >= 0.3 is 10.2 Å². The van der Waals surface area contributed by atoms with E-state index in [0.29, 0.717) is 12.2 Å². The molecule has 0 aliphatic rings. The van der Waals surface area contributed by atoms with Crippen LogP contribution < -0.4 is 9.62 Å². The zero-order chi connectivity index (χ0) is 25.5. The van der Waals surface area contributed by atoms with Gasteiger partial charge in [0.05, 0.1) is 5.69 Å². The van der Waals surface area contributed by atoms with Crippen LogP contribution in [0.4, 0.5) is 10.1 Å². The molecule has 0 bridgehead atoms. The van der Waals surface area contributed by atoms with Gasteiger partial charge in [-0.05, 0) is 31.0 Å². The van der Waals surface area contributed by atoms with Gasteiger partial charge in [0, 0.05) is 32.7 Å². The molecule has 0 aromatic heterocycles. The van der Waals surface area contributed by atoms with E-state index in [2.05, 4.69) is 5.32 Å². The first kappa shape index (κ1) is 27.3. The Morgan fingerprint density at radius 1 is 0.971 bits per heavy atom. The molecule has 2 amide bonds. The fraction of sp³-hybridized carbons (Fsp3) is 0.417. The van der Waals surface area contributed by atoms with E-state index < -0.39 is 40.4 Å². The molecule has 0 heterocycles. The molecule has 1 N–H and O–H groups in total. The van der Waals surface area contributed by atoms with Crippen molar-refractivity contribution < 1.29 is 22.4 Å². The van der Waals surface area contributed by atoms with Crippen LogP contribution in [-0.4, -0.2) is 62.7 Å². The van der Waals surface area contributed by atoms with E-state index in [0.717, 1.165) is 8.61 Å². The van der Waals surface area contributed by atoms with E-state index in [-0.39, 0.29) is 18.0 Å². The Bertz CT molecular complexity index is 1080. The topological polar surface area (TPSA) is 90.0 Å². The number of rotatable bonds is 11. The number of para-hydroxylation sites is 1. The maximum Gasteiger partial charge on any atom is 0.304 e. The summed E-state index contributed by atoms with van der Waals surface area (Å²) >= 11 is 0. The van der Waals surface area contributed by atoms with Crippen molar-refractivity contribution in [1.29, 1.82) is 0 Å². The molecular formula is C24H33FN4O4S. The number of anilines is 1. The largest absolute Gasteiger partial charge is 0.354 e. The Morgan fingerprint density at radius 2 is 1.56 bits per heavy atom. The molecule has 186 valence electrons. The van der Waals surface area contributed by atoms with Crippen LogP contribution in [0.25, 0.3) is 0 Å². The van der Waals surface area contributed by atoms with Gasteiger partial charge in [-0.3, -0.25) is 9.59 Å². The molecule has 0 fully saturated rings. The molecule has 34 heavy (non-hydrogen) atoms. The summed E-state index contributed by atoms with van der Waals surface area (Å²) in [5.41, 5.74) is 0.522. The fourth-order valence-corrected chi connectivity index (χ4v) is 4.21. The number of halogens is 1. The van der Waals surface area contributed by atoms with Crippen LogP contribution in [-0.2, 0) is 26.3 Å². The van der Waals surface area contributed by atoms with Crippen molar-refractivity contribution in [3.8, 4) is 0 Å². The molecule has 0 aliphatic heterocycles. The molecule has 0 saturated heterocycles. The third kappa shape index (κ3) is 7.01. The number of carbonyl (C=O) groups is 2. The average Bonchev–Trinajstić information content (AvgIpc) is 2.80. The van der Waals surface area contributed by atoms with Gasteiger partial charge in [-0.25, -0.2) is 8.70 Å². The number of amides is 2. The first-order valence-electron chi connectivity index (χ1n) is 11.0. The number of hydrogen-bond acceptors (Lipinski definition) is 4. The lowest BCUT2D eigenvalue weighted by molar-refractivity contribution is -0.139. The molecule has 0 unspecified atom stereocenters. The Labute approximate surface area is 201 Å². The Kier molecular flexibility index (Phi) is 9.57. The molecular weight excluding hydrogens is 459 g/mol. The van der Waals surface area contributed by atoms with Crippen LogP contribution in [0.1, 0.15) is 26.3 Å². The predicted octanol–water partition coefficient (Wildman–Crippen LogP) is 2.63. The highest BCUT2D eigenvalue weighted by molar-refractivity contribution is 7.90. The highest BCUT2D eigenvalue weighted by Crippen LogP contribution is 2.21. The van der Waals surface area contributed by atoms with Gasteiger partial charge in [0.25, 0.3) is 0 Å². The van der Waals surface area contributed by atoms with E-state index in [9.17, 15) is 22.4 Å². The normalized spacial score (nSPS) is 12.5. The molecule has 2 rings (SSSR count). The fourth-order valence-electron chi connectivity index (χ4n) is 3.16. The summed E-state index contributed by atoms with van der Waals surface area (Å²) in [6, 6.07) is 13.2. The molecule has 1 atom stereocenters. The van der Waals surface area contributed by atoms with E-state index in [1.54, 1.807) is 43.3 Å². The van der Waals surface area contributed by atoms with Crippen molar-refractivity contribution in [2.75, 3.05) is 31.5 Å². The van der Waals surface area contributed by atoms with Crippen LogP contribution in [0.5, 0.6) is 0 Å². The zero-order valence-electron chi connectivity index (χ0n) is 20.2. The van der Waals surface area contributed by atoms with Crippen molar-refractivity contribution in [2.24, 2.45) is 5.92 Å². The predicted molar refractivity (Wildman–Crippen MR) is 131 cm³/mol. The summed E-state index contributed by atoms with van der Waals surface area (Å²) in [6.07, 6.45) is 0. The lowest BCUT2D eigenvalue weighted by atomic mass is 10.1. The molecule has 2 aromatic carbocycles. The number of hydrogen-bond donors (Lipinski definition) is 1. The van der Waals surface area contributed by atoms with Gasteiger partial charge in [0.2, 0.25) is 11.8 Å². The minimum Gasteiger partial charge on any atom is -0.354 e. The second-order valence-corrected chi connectivity index (χ2v) is 10.6. The average molecular weight is 493 g/mol. The van der Waals surface area contributed by atoms with Crippen LogP contribution >= 0.6 is 0 Å². The molecule has 8 nitrogen and oxygen atoms in total. The monoisotopic (exact) mass is 492 g/mol. The summed E-state index contributed by atoms with van der Waals surface area (Å²) in [6.45, 7) is 5.10. The smallest absolute Gasteiger partial charge is 0.304 e. The summed E-state index contributed by atoms with van der Waals surface area (Å²) in [5, 5.41) is 2.78. The standard InChI is InChI=1S/C24H33FN4O4S/c1-18(2)15-26-24(31)19(3)28(16-20-11-9-10-14-22(20)25)23(30)17-29(34(32,33)27(4)5)21-12-7-6-8-13-21/h6-14,18-19H,15-17H2,1-5H3,(H,26,31)/t19-/m1/s1. The Hall–Kier alpha value is -2.98. The molecule has 0 saturated carbocycles. The van der Waals surface area contributed by atoms with E-state index in [4.69, 9.17) is 0 Å². The van der Waals surface area contributed by atoms with Crippen molar-refractivity contribution in [2.45, 2.75) is 33.4 Å². The van der Waals surface area contributed by atoms with Crippen molar-refractivity contribution in [1.82, 2.24) is 14.5 Å². The molecule has 2 aromatic rings. The minimum absolute atomic E-state index is 0.188. The van der Waals surface area contributed by atoms with Gasteiger partial charge < -0.3 is 10.2 Å². The lowest BCUT2D eigenvalue weighted by Crippen LogP contribution is -2.52. The number of benzene rings is 2. The Balaban J connectivity index is 2.41. The molecule has 0 radical (unpaired) electrons. The summed E-state index contributed by atoms with van der Waals surface area (Å²) in [5.74, 6) is -1.36. The summed E-state index contributed by atoms with van der Waals surface area (Å²) in [4.78, 5) is 27.5. The SMILES string of the molecule is CC(C)CNC(=O)[C@@H](C)N(Cc1ccccc1F)C(=O)CN(c1ccccc1)S(=O)(=O)N(C)C. The van der Waals surface area contributed by atoms with Crippen molar-refractivity contribution in [3.63, 3.8) is 0 Å². The van der Waals surface area contributed by atoms with E-state index >= 15 is 0 Å². The highest BCUT2D eigenvalue weighted by atomic mass is 32.2. The van der Waals surface area contributed by atoms with Gasteiger partial charge in [-0.15, -0.1) is 0 Å². The lowest BCUT2D eigenvalue weighted by Gasteiger charge is -2.33. The third-order valence-electron chi connectivity index (χ3n) is 5.21. The van der Waals surface area contributed by atoms with Gasteiger partial charge in [0.1, 0.15) is 18.4 Å². The van der Waals surface area contributed by atoms with E-state index in [1.165, 1.54) is 37.2 Å². The van der Waals surface area contributed by atoms with Crippen molar-refractivity contribution in [3.05, 3.63) is 66.0 Å². The maximum atomic E-state index is 14.4. The third-order valence-corrected chi connectivity index (χ3v) is 7.03. The maximum absolute atomic E-state index is 14.4. The summed E-state index contributed by atoms with van der Waals surface area (Å²) < 4.78 is 42.4. The van der Waals surface area contributed by atoms with Crippen LogP contribution in [0, 0.1) is 11.7 Å². The number of carbonyl (C=O) groups excluding carboxylic acids is 2. The molecule has 0 aliphatic carbocycles. The Morgan fingerprint density at radius 3 is 2.12 bits per heavy atom. The quantitative estimate of drug-likeness (QED) is 0.522. The first-order chi connectivity index (χ1) is 15.9. The zero-order valence-corrected chi connectivity index (χ0v) is 21.0. The van der Waals surface area contributed by atoms with Crippen LogP contribution in [0.3, 0.4) is 0 Å². The number of nitrogens with one attached hydrogen (secondary N) is 1. The second-order valence-electron chi connectivity index (χ2n) is 8.56.